The number of hydrogen-bond acceptors (Lipinski definition) is 2. The van der Waals surface area contributed by atoms with Gasteiger partial charge in [-0.3, -0.25) is 0 Å². The molecule has 2 rings (SSSR count). The number of halogens is 1. The molecule has 1 aromatic heterocycles. The fourth-order valence-corrected chi connectivity index (χ4v) is 4.31. The number of nitrogens with zero attached hydrogens (tertiary/aromatic N) is 1. The minimum Gasteiger partial charge on any atom is -0.338 e. The summed E-state index contributed by atoms with van der Waals surface area (Å²) in [6.45, 7) is 2.69. The second kappa shape index (κ2) is 5.35. The third-order valence-corrected chi connectivity index (χ3v) is 5.42. The van der Waals surface area contributed by atoms with Crippen LogP contribution in [0.25, 0.3) is 0 Å². The lowest BCUT2D eigenvalue weighted by Gasteiger charge is -2.23. The van der Waals surface area contributed by atoms with E-state index < -0.39 is 10.0 Å². The van der Waals surface area contributed by atoms with Crippen molar-refractivity contribution in [3.8, 4) is 0 Å². The van der Waals surface area contributed by atoms with Crippen LogP contribution >= 0.6 is 15.9 Å². The first-order chi connectivity index (χ1) is 8.39. The smallest absolute Gasteiger partial charge is 0.239 e. The second-order valence-electron chi connectivity index (χ2n) is 5.08. The first kappa shape index (κ1) is 14.1. The Hall–Kier alpha value is -0.330. The molecule has 2 N–H and O–H groups in total. The maximum absolute atomic E-state index is 11.5. The minimum atomic E-state index is -3.63. The van der Waals surface area contributed by atoms with Crippen LogP contribution in [0.3, 0.4) is 0 Å². The van der Waals surface area contributed by atoms with Crippen molar-refractivity contribution >= 4 is 26.0 Å². The summed E-state index contributed by atoms with van der Waals surface area (Å²) in [4.78, 5) is 0.227. The predicted octanol–water partition coefficient (Wildman–Crippen LogP) is 2.79. The van der Waals surface area contributed by atoms with Crippen molar-refractivity contribution in [2.24, 2.45) is 11.1 Å². The topological polar surface area (TPSA) is 65.1 Å². The number of hydrogen-bond donors (Lipinski definition) is 1. The van der Waals surface area contributed by atoms with Crippen molar-refractivity contribution in [1.82, 2.24) is 4.57 Å². The first-order valence-electron chi connectivity index (χ1n) is 6.28. The molecular weight excluding hydrogens is 316 g/mol. The normalized spacial score (nSPS) is 18.2. The van der Waals surface area contributed by atoms with Crippen molar-refractivity contribution < 1.29 is 8.42 Å². The molecule has 1 aliphatic carbocycles. The van der Waals surface area contributed by atoms with Gasteiger partial charge in [-0.2, -0.15) is 0 Å². The Labute approximate surface area is 117 Å². The third-order valence-electron chi connectivity index (χ3n) is 3.74. The molecule has 4 nitrogen and oxygen atoms in total. The number of rotatable bonds is 3. The molecule has 1 aliphatic rings. The SMILES string of the molecule is Cc1c(S(N)(=O)=O)cc(Br)n1CC1CCCCC1. The largest absolute Gasteiger partial charge is 0.338 e. The fourth-order valence-electron chi connectivity index (χ4n) is 2.72. The van der Waals surface area contributed by atoms with Crippen LogP contribution in [0, 0.1) is 12.8 Å². The zero-order valence-electron chi connectivity index (χ0n) is 10.5. The van der Waals surface area contributed by atoms with Crippen molar-refractivity contribution in [3.05, 3.63) is 16.4 Å². The van der Waals surface area contributed by atoms with Crippen LogP contribution in [0.4, 0.5) is 0 Å². The van der Waals surface area contributed by atoms with Crippen LogP contribution in [0.1, 0.15) is 37.8 Å². The van der Waals surface area contributed by atoms with Gasteiger partial charge in [0.2, 0.25) is 10.0 Å². The number of sulfonamides is 1. The van der Waals surface area contributed by atoms with Gasteiger partial charge >= 0.3 is 0 Å². The number of aromatic nitrogens is 1. The van der Waals surface area contributed by atoms with E-state index in [1.165, 1.54) is 32.1 Å². The molecule has 0 aliphatic heterocycles. The summed E-state index contributed by atoms with van der Waals surface area (Å²) in [5.74, 6) is 0.648. The van der Waals surface area contributed by atoms with Gasteiger partial charge in [0.15, 0.2) is 0 Å². The molecule has 6 heteroatoms. The van der Waals surface area contributed by atoms with E-state index in [-0.39, 0.29) is 4.90 Å². The van der Waals surface area contributed by atoms with E-state index in [4.69, 9.17) is 5.14 Å². The number of nitrogens with two attached hydrogens (primary N) is 1. The van der Waals surface area contributed by atoms with E-state index >= 15 is 0 Å². The van der Waals surface area contributed by atoms with Crippen LogP contribution in [-0.2, 0) is 16.6 Å². The maximum Gasteiger partial charge on any atom is 0.239 e. The molecule has 0 radical (unpaired) electrons. The molecule has 0 amide bonds. The van der Waals surface area contributed by atoms with E-state index in [0.29, 0.717) is 5.92 Å². The number of primary sulfonamides is 1. The highest BCUT2D eigenvalue weighted by Crippen LogP contribution is 2.29. The Bertz CT molecular complexity index is 531. The van der Waals surface area contributed by atoms with Gasteiger partial charge in [0.1, 0.15) is 4.90 Å². The summed E-state index contributed by atoms with van der Waals surface area (Å²) < 4.78 is 25.7. The van der Waals surface area contributed by atoms with Crippen LogP contribution in [0.2, 0.25) is 0 Å². The predicted molar refractivity (Wildman–Crippen MR) is 74.8 cm³/mol. The third kappa shape index (κ3) is 2.97. The molecule has 1 fully saturated rings. The van der Waals surface area contributed by atoms with Crippen LogP contribution in [0.15, 0.2) is 15.6 Å². The van der Waals surface area contributed by atoms with Gasteiger partial charge in [-0.25, -0.2) is 13.6 Å². The molecule has 0 aromatic carbocycles. The van der Waals surface area contributed by atoms with Crippen LogP contribution in [-0.4, -0.2) is 13.0 Å². The van der Waals surface area contributed by atoms with Crippen molar-refractivity contribution in [2.45, 2.75) is 50.5 Å². The highest BCUT2D eigenvalue weighted by Gasteiger charge is 2.21. The summed E-state index contributed by atoms with van der Waals surface area (Å²) in [5.41, 5.74) is 0.731. The molecule has 0 unspecified atom stereocenters. The van der Waals surface area contributed by atoms with Gasteiger partial charge in [-0.1, -0.05) is 19.3 Å². The van der Waals surface area contributed by atoms with E-state index in [1.807, 2.05) is 11.5 Å². The standard InChI is InChI=1S/C12H19BrN2O2S/c1-9-11(18(14,16)17)7-12(13)15(9)8-10-5-3-2-4-6-10/h7,10H,2-6,8H2,1H3,(H2,14,16,17). The molecule has 1 aromatic rings. The molecule has 18 heavy (non-hydrogen) atoms. The highest BCUT2D eigenvalue weighted by molar-refractivity contribution is 9.10. The maximum atomic E-state index is 11.5. The fraction of sp³-hybridized carbons (Fsp3) is 0.667. The van der Waals surface area contributed by atoms with E-state index in [1.54, 1.807) is 6.07 Å². The van der Waals surface area contributed by atoms with Gasteiger partial charge in [0.25, 0.3) is 0 Å². The lowest BCUT2D eigenvalue weighted by Crippen LogP contribution is -2.17. The molecule has 0 bridgehead atoms. The lowest BCUT2D eigenvalue weighted by molar-refractivity contribution is 0.315. The van der Waals surface area contributed by atoms with Gasteiger partial charge < -0.3 is 4.57 Å². The Morgan fingerprint density at radius 2 is 2.00 bits per heavy atom. The second-order valence-corrected chi connectivity index (χ2v) is 7.42. The Morgan fingerprint density at radius 1 is 1.39 bits per heavy atom. The Balaban J connectivity index is 2.25. The van der Waals surface area contributed by atoms with Crippen molar-refractivity contribution in [1.29, 1.82) is 0 Å². The first-order valence-corrected chi connectivity index (χ1v) is 8.62. The lowest BCUT2D eigenvalue weighted by atomic mass is 9.89. The molecule has 1 saturated carbocycles. The quantitative estimate of drug-likeness (QED) is 0.923. The van der Waals surface area contributed by atoms with Crippen LogP contribution < -0.4 is 5.14 Å². The summed E-state index contributed by atoms with van der Waals surface area (Å²) in [7, 11) is -3.63. The Kier molecular flexibility index (Phi) is 4.18. The monoisotopic (exact) mass is 334 g/mol. The zero-order valence-corrected chi connectivity index (χ0v) is 12.9. The van der Waals surface area contributed by atoms with Crippen molar-refractivity contribution in [3.63, 3.8) is 0 Å². The van der Waals surface area contributed by atoms with Crippen LogP contribution in [0.5, 0.6) is 0 Å². The van der Waals surface area contributed by atoms with Gasteiger partial charge in [-0.05, 0) is 47.7 Å². The zero-order chi connectivity index (χ0) is 13.3. The molecule has 0 spiro atoms. The molecular formula is C12H19BrN2O2S. The van der Waals surface area contributed by atoms with Gasteiger partial charge in [0.05, 0.1) is 4.60 Å². The molecule has 1 heterocycles. The van der Waals surface area contributed by atoms with Crippen molar-refractivity contribution in [2.75, 3.05) is 0 Å². The highest BCUT2D eigenvalue weighted by atomic mass is 79.9. The average Bonchev–Trinajstić information content (AvgIpc) is 2.58. The summed E-state index contributed by atoms with van der Waals surface area (Å²) in [6, 6.07) is 1.60. The van der Waals surface area contributed by atoms with Gasteiger partial charge in [-0.15, -0.1) is 0 Å². The summed E-state index contributed by atoms with van der Waals surface area (Å²) >= 11 is 3.43. The van der Waals surface area contributed by atoms with Gasteiger partial charge in [0, 0.05) is 12.2 Å². The summed E-state index contributed by atoms with van der Waals surface area (Å²) in [5, 5.41) is 5.21. The van der Waals surface area contributed by atoms with E-state index in [9.17, 15) is 8.42 Å². The molecule has 0 saturated heterocycles. The molecule has 0 atom stereocenters. The Morgan fingerprint density at radius 3 is 2.50 bits per heavy atom. The minimum absolute atomic E-state index is 0.227. The van der Waals surface area contributed by atoms with E-state index in [0.717, 1.165) is 16.8 Å². The summed E-state index contributed by atoms with van der Waals surface area (Å²) in [6.07, 6.45) is 6.35. The average molecular weight is 335 g/mol. The van der Waals surface area contributed by atoms with E-state index in [2.05, 4.69) is 15.9 Å². The molecule has 102 valence electrons.